The van der Waals surface area contributed by atoms with Crippen LogP contribution in [-0.2, 0) is 0 Å². The maximum absolute atomic E-state index is 11.7. The van der Waals surface area contributed by atoms with Crippen LogP contribution < -0.4 is 11.1 Å². The minimum atomic E-state index is -0.156. The first-order valence-corrected chi connectivity index (χ1v) is 6.46. The Labute approximate surface area is 114 Å². The van der Waals surface area contributed by atoms with Gasteiger partial charge in [0.1, 0.15) is 5.82 Å². The van der Waals surface area contributed by atoms with Crippen LogP contribution >= 0.6 is 0 Å². The van der Waals surface area contributed by atoms with E-state index in [-0.39, 0.29) is 11.9 Å². The van der Waals surface area contributed by atoms with Gasteiger partial charge in [0.05, 0.1) is 0 Å². The Balaban J connectivity index is 2.68. The second kappa shape index (κ2) is 7.04. The normalized spacial score (nSPS) is 12.3. The number of nitrogens with one attached hydrogen (secondary N) is 1. The van der Waals surface area contributed by atoms with Gasteiger partial charge in [0, 0.05) is 26.7 Å². The number of carbonyl (C=O) groups is 1. The first-order chi connectivity index (χ1) is 8.93. The van der Waals surface area contributed by atoms with Crippen molar-refractivity contribution in [2.75, 3.05) is 26.0 Å². The highest BCUT2D eigenvalue weighted by molar-refractivity contribution is 5.91. The minimum absolute atomic E-state index is 0.156. The van der Waals surface area contributed by atoms with Crippen LogP contribution in [0.25, 0.3) is 0 Å². The van der Waals surface area contributed by atoms with Crippen LogP contribution in [0.15, 0.2) is 12.1 Å². The number of rotatable bonds is 6. The van der Waals surface area contributed by atoms with Crippen LogP contribution in [0.5, 0.6) is 0 Å². The van der Waals surface area contributed by atoms with E-state index in [2.05, 4.69) is 29.4 Å². The third kappa shape index (κ3) is 4.82. The molecule has 0 radical (unpaired) electrons. The maximum atomic E-state index is 11.7. The molecule has 0 aliphatic rings. The predicted octanol–water partition coefficient (Wildman–Crippen LogP) is 0.964. The van der Waals surface area contributed by atoms with Crippen molar-refractivity contribution in [1.82, 2.24) is 15.1 Å². The Bertz CT molecular complexity index is 402. The summed E-state index contributed by atoms with van der Waals surface area (Å²) in [6, 6.07) is 3.59. The quantitative estimate of drug-likeness (QED) is 0.800. The molecule has 106 valence electrons. The molecule has 1 atom stereocenters. The van der Waals surface area contributed by atoms with Crippen LogP contribution in [0.2, 0.25) is 0 Å². The van der Waals surface area contributed by atoms with E-state index >= 15 is 0 Å². The molecule has 1 aromatic heterocycles. The van der Waals surface area contributed by atoms with Crippen LogP contribution in [0, 0.1) is 5.92 Å². The number of aromatic nitrogens is 2. The van der Waals surface area contributed by atoms with E-state index in [0.717, 1.165) is 6.42 Å². The average molecular weight is 265 g/mol. The highest BCUT2D eigenvalue weighted by Gasteiger charge is 2.12. The highest BCUT2D eigenvalue weighted by atomic mass is 16.2. The van der Waals surface area contributed by atoms with Gasteiger partial charge in [-0.25, -0.2) is 0 Å². The number of carbonyl (C=O) groups excluding carboxylic acids is 1. The molecule has 0 saturated carbocycles. The SMILES string of the molecule is CC(C)CC(CN)Nc1ccc(C(=O)N(C)C)nn1. The van der Waals surface area contributed by atoms with Gasteiger partial charge in [0.25, 0.3) is 5.91 Å². The summed E-state index contributed by atoms with van der Waals surface area (Å²) in [7, 11) is 3.37. The summed E-state index contributed by atoms with van der Waals surface area (Å²) in [6.45, 7) is 4.84. The van der Waals surface area contributed by atoms with Crippen LogP contribution in [0.4, 0.5) is 5.82 Å². The summed E-state index contributed by atoms with van der Waals surface area (Å²) < 4.78 is 0. The first-order valence-electron chi connectivity index (χ1n) is 6.46. The largest absolute Gasteiger partial charge is 0.365 e. The molecule has 1 rings (SSSR count). The van der Waals surface area contributed by atoms with Crippen molar-refractivity contribution in [2.24, 2.45) is 11.7 Å². The number of hydrogen-bond donors (Lipinski definition) is 2. The van der Waals surface area contributed by atoms with Crippen molar-refractivity contribution < 1.29 is 4.79 Å². The van der Waals surface area contributed by atoms with Crippen molar-refractivity contribution in [2.45, 2.75) is 26.3 Å². The molecule has 19 heavy (non-hydrogen) atoms. The maximum Gasteiger partial charge on any atom is 0.273 e. The minimum Gasteiger partial charge on any atom is -0.365 e. The first kappa shape index (κ1) is 15.4. The second-order valence-corrected chi connectivity index (χ2v) is 5.21. The Kier molecular flexibility index (Phi) is 5.69. The summed E-state index contributed by atoms with van der Waals surface area (Å²) in [4.78, 5) is 13.1. The van der Waals surface area contributed by atoms with Crippen molar-refractivity contribution >= 4 is 11.7 Å². The zero-order valence-corrected chi connectivity index (χ0v) is 12.1. The Morgan fingerprint density at radius 3 is 2.47 bits per heavy atom. The molecule has 0 fully saturated rings. The molecule has 6 heteroatoms. The molecule has 0 aromatic carbocycles. The third-order valence-corrected chi connectivity index (χ3v) is 2.68. The van der Waals surface area contributed by atoms with Gasteiger partial charge in [0.2, 0.25) is 0 Å². The van der Waals surface area contributed by atoms with Gasteiger partial charge >= 0.3 is 0 Å². The lowest BCUT2D eigenvalue weighted by Gasteiger charge is -2.19. The van der Waals surface area contributed by atoms with E-state index in [9.17, 15) is 4.79 Å². The van der Waals surface area contributed by atoms with Gasteiger partial charge in [-0.05, 0) is 24.5 Å². The predicted molar refractivity (Wildman–Crippen MR) is 76.0 cm³/mol. The molecule has 1 aromatic rings. The third-order valence-electron chi connectivity index (χ3n) is 2.68. The number of anilines is 1. The van der Waals surface area contributed by atoms with Crippen molar-refractivity contribution in [3.63, 3.8) is 0 Å². The molecule has 0 spiro atoms. The monoisotopic (exact) mass is 265 g/mol. The molecule has 6 nitrogen and oxygen atoms in total. The van der Waals surface area contributed by atoms with Crippen LogP contribution in [-0.4, -0.2) is 47.7 Å². The number of hydrogen-bond acceptors (Lipinski definition) is 5. The number of amides is 1. The topological polar surface area (TPSA) is 84.1 Å². The summed E-state index contributed by atoms with van der Waals surface area (Å²) in [6.07, 6.45) is 0.969. The molecule has 1 heterocycles. The molecular formula is C13H23N5O. The molecule has 3 N–H and O–H groups in total. The lowest BCUT2D eigenvalue weighted by Crippen LogP contribution is -2.31. The smallest absolute Gasteiger partial charge is 0.273 e. The summed E-state index contributed by atoms with van der Waals surface area (Å²) in [5, 5.41) is 11.2. The number of nitrogens with two attached hydrogens (primary N) is 1. The Morgan fingerprint density at radius 2 is 2.05 bits per heavy atom. The highest BCUT2D eigenvalue weighted by Crippen LogP contribution is 2.10. The molecule has 0 aliphatic heterocycles. The van der Waals surface area contributed by atoms with Crippen LogP contribution in [0.3, 0.4) is 0 Å². The Hall–Kier alpha value is -1.69. The van der Waals surface area contributed by atoms with Gasteiger partial charge in [-0.3, -0.25) is 4.79 Å². The summed E-state index contributed by atoms with van der Waals surface area (Å²) in [5.74, 6) is 1.05. The van der Waals surface area contributed by atoms with E-state index in [1.807, 2.05) is 0 Å². The zero-order valence-electron chi connectivity index (χ0n) is 12.1. The molecule has 0 bridgehead atoms. The van der Waals surface area contributed by atoms with Crippen molar-refractivity contribution in [3.05, 3.63) is 17.8 Å². The zero-order chi connectivity index (χ0) is 14.4. The summed E-state index contributed by atoms with van der Waals surface area (Å²) >= 11 is 0. The fourth-order valence-electron chi connectivity index (χ4n) is 1.74. The second-order valence-electron chi connectivity index (χ2n) is 5.21. The lowest BCUT2D eigenvalue weighted by molar-refractivity contribution is 0.0821. The van der Waals surface area contributed by atoms with E-state index in [1.165, 1.54) is 4.90 Å². The molecule has 1 unspecified atom stereocenters. The molecular weight excluding hydrogens is 242 g/mol. The van der Waals surface area contributed by atoms with Gasteiger partial charge in [-0.15, -0.1) is 10.2 Å². The fourth-order valence-corrected chi connectivity index (χ4v) is 1.74. The summed E-state index contributed by atoms with van der Waals surface area (Å²) in [5.41, 5.74) is 6.05. The standard InChI is InChI=1S/C13H23N5O/c1-9(2)7-10(8-14)15-12-6-5-11(16-17-12)13(19)18(3)4/h5-6,9-10H,7-8,14H2,1-4H3,(H,15,17). The van der Waals surface area contributed by atoms with Crippen molar-refractivity contribution in [3.8, 4) is 0 Å². The van der Waals surface area contributed by atoms with E-state index < -0.39 is 0 Å². The molecule has 0 saturated heterocycles. The van der Waals surface area contributed by atoms with E-state index in [4.69, 9.17) is 5.73 Å². The van der Waals surface area contributed by atoms with E-state index in [0.29, 0.717) is 24.0 Å². The van der Waals surface area contributed by atoms with Crippen LogP contribution in [0.1, 0.15) is 30.8 Å². The Morgan fingerprint density at radius 1 is 1.37 bits per heavy atom. The van der Waals surface area contributed by atoms with Crippen molar-refractivity contribution in [1.29, 1.82) is 0 Å². The molecule has 1 amide bonds. The van der Waals surface area contributed by atoms with Gasteiger partial charge in [-0.1, -0.05) is 13.8 Å². The van der Waals surface area contributed by atoms with Gasteiger partial charge < -0.3 is 16.0 Å². The lowest BCUT2D eigenvalue weighted by atomic mass is 10.0. The average Bonchev–Trinajstić information content (AvgIpc) is 2.37. The molecule has 0 aliphatic carbocycles. The fraction of sp³-hybridized carbons (Fsp3) is 0.615. The van der Waals surface area contributed by atoms with Gasteiger partial charge in [0.15, 0.2) is 5.69 Å². The number of nitrogens with zero attached hydrogens (tertiary/aromatic N) is 3. The van der Waals surface area contributed by atoms with Gasteiger partial charge in [-0.2, -0.15) is 0 Å². The van der Waals surface area contributed by atoms with E-state index in [1.54, 1.807) is 26.2 Å².